The Kier molecular flexibility index (Phi) is 4.85. The second-order valence-electron chi connectivity index (χ2n) is 6.29. The summed E-state index contributed by atoms with van der Waals surface area (Å²) in [5.41, 5.74) is -0.463. The van der Waals surface area contributed by atoms with Crippen LogP contribution in [0.2, 0.25) is 0 Å². The van der Waals surface area contributed by atoms with Crippen molar-refractivity contribution >= 4 is 5.97 Å². The Labute approximate surface area is 116 Å². The number of nitrogens with zero attached hydrogens (tertiary/aromatic N) is 1. The Hall–Kier alpha value is -0.610. The molecule has 0 spiro atoms. The molecule has 4 heteroatoms. The summed E-state index contributed by atoms with van der Waals surface area (Å²) in [6.45, 7) is 8.35. The number of esters is 1. The summed E-state index contributed by atoms with van der Waals surface area (Å²) in [6, 6.07) is 0. The number of likely N-dealkylation sites (tertiary alicyclic amines) is 1. The van der Waals surface area contributed by atoms with Crippen LogP contribution >= 0.6 is 0 Å². The Bertz CT molecular complexity index is 317. The van der Waals surface area contributed by atoms with Crippen LogP contribution in [0.3, 0.4) is 0 Å². The van der Waals surface area contributed by atoms with Crippen LogP contribution in [-0.2, 0) is 9.53 Å². The lowest BCUT2D eigenvalue weighted by Crippen LogP contribution is -2.61. The first-order chi connectivity index (χ1) is 9.12. The van der Waals surface area contributed by atoms with Gasteiger partial charge in [-0.05, 0) is 50.6 Å². The van der Waals surface area contributed by atoms with E-state index in [1.54, 1.807) is 0 Å². The van der Waals surface area contributed by atoms with E-state index in [0.717, 1.165) is 51.4 Å². The Morgan fingerprint density at radius 2 is 2.16 bits per heavy atom. The van der Waals surface area contributed by atoms with Gasteiger partial charge in [0.25, 0.3) is 0 Å². The molecule has 0 bridgehead atoms. The average molecular weight is 268 g/mol. The summed E-state index contributed by atoms with van der Waals surface area (Å²) in [6.07, 6.45) is 4.59. The third-order valence-electron chi connectivity index (χ3n) is 4.50. The van der Waals surface area contributed by atoms with Crippen molar-refractivity contribution in [3.05, 3.63) is 0 Å². The average Bonchev–Trinajstić information content (AvgIpc) is 3.18. The lowest BCUT2D eigenvalue weighted by molar-refractivity contribution is -0.150. The topological polar surface area (TPSA) is 41.6 Å². The fourth-order valence-electron chi connectivity index (χ4n) is 3.26. The van der Waals surface area contributed by atoms with Crippen LogP contribution in [0, 0.1) is 11.8 Å². The van der Waals surface area contributed by atoms with Gasteiger partial charge in [-0.3, -0.25) is 0 Å². The number of nitrogens with one attached hydrogen (secondary N) is 1. The van der Waals surface area contributed by atoms with E-state index < -0.39 is 5.54 Å². The van der Waals surface area contributed by atoms with Crippen LogP contribution in [0.15, 0.2) is 0 Å². The number of carbonyl (C=O) groups is 1. The fraction of sp³-hybridized carbons (Fsp3) is 0.933. The summed E-state index contributed by atoms with van der Waals surface area (Å²) in [4.78, 5) is 14.8. The summed E-state index contributed by atoms with van der Waals surface area (Å²) < 4.78 is 5.12. The van der Waals surface area contributed by atoms with Gasteiger partial charge in [-0.25, -0.2) is 4.79 Å². The summed E-state index contributed by atoms with van der Waals surface area (Å²) >= 11 is 0. The highest BCUT2D eigenvalue weighted by Gasteiger charge is 2.52. The van der Waals surface area contributed by atoms with Crippen molar-refractivity contribution in [3.63, 3.8) is 0 Å². The minimum Gasteiger partial charge on any atom is -0.468 e. The Balaban J connectivity index is 2.09. The number of ether oxygens (including phenoxy) is 1. The monoisotopic (exact) mass is 268 g/mol. The molecule has 110 valence electrons. The van der Waals surface area contributed by atoms with E-state index in [1.807, 2.05) is 0 Å². The first kappa shape index (κ1) is 14.8. The third kappa shape index (κ3) is 3.29. The molecule has 0 aromatic heterocycles. The van der Waals surface area contributed by atoms with Gasteiger partial charge in [0.05, 0.1) is 7.11 Å². The second kappa shape index (κ2) is 6.23. The van der Waals surface area contributed by atoms with Crippen LogP contribution in [0.4, 0.5) is 0 Å². The van der Waals surface area contributed by atoms with Crippen LogP contribution < -0.4 is 5.32 Å². The van der Waals surface area contributed by atoms with Crippen molar-refractivity contribution in [3.8, 4) is 0 Å². The molecular weight excluding hydrogens is 240 g/mol. The summed E-state index contributed by atoms with van der Waals surface area (Å²) in [5.74, 6) is 1.14. The van der Waals surface area contributed by atoms with Gasteiger partial charge in [-0.1, -0.05) is 13.8 Å². The van der Waals surface area contributed by atoms with Crippen molar-refractivity contribution in [2.45, 2.75) is 45.1 Å². The predicted octanol–water partition coefficient (Wildman–Crippen LogP) is 1.65. The molecule has 0 amide bonds. The smallest absolute Gasteiger partial charge is 0.327 e. The molecule has 0 aromatic rings. The molecule has 2 atom stereocenters. The van der Waals surface area contributed by atoms with Gasteiger partial charge in [-0.2, -0.15) is 0 Å². The molecule has 4 nitrogen and oxygen atoms in total. The van der Waals surface area contributed by atoms with Gasteiger partial charge in [0, 0.05) is 13.1 Å². The fourth-order valence-corrected chi connectivity index (χ4v) is 3.26. The molecular formula is C15H28N2O2. The SMILES string of the molecule is CCCNC(CN1CCC(C)C1)(C(=O)OC)C1CC1. The molecule has 0 aromatic carbocycles. The lowest BCUT2D eigenvalue weighted by atomic mass is 9.92. The molecule has 1 aliphatic heterocycles. The minimum atomic E-state index is -0.463. The molecule has 1 saturated carbocycles. The zero-order chi connectivity index (χ0) is 13.9. The number of rotatable bonds is 7. The van der Waals surface area contributed by atoms with E-state index in [9.17, 15) is 4.79 Å². The van der Waals surface area contributed by atoms with E-state index in [1.165, 1.54) is 13.5 Å². The molecule has 2 fully saturated rings. The van der Waals surface area contributed by atoms with E-state index in [4.69, 9.17) is 4.74 Å². The molecule has 19 heavy (non-hydrogen) atoms. The molecule has 1 aliphatic carbocycles. The molecule has 2 unspecified atom stereocenters. The maximum absolute atomic E-state index is 12.4. The zero-order valence-electron chi connectivity index (χ0n) is 12.6. The van der Waals surface area contributed by atoms with Gasteiger partial charge in [0.2, 0.25) is 0 Å². The Morgan fingerprint density at radius 1 is 1.42 bits per heavy atom. The highest BCUT2D eigenvalue weighted by Crippen LogP contribution is 2.41. The number of carbonyl (C=O) groups excluding carboxylic acids is 1. The van der Waals surface area contributed by atoms with Crippen molar-refractivity contribution in [1.29, 1.82) is 0 Å². The van der Waals surface area contributed by atoms with E-state index in [-0.39, 0.29) is 5.97 Å². The molecule has 2 rings (SSSR count). The molecule has 2 aliphatic rings. The van der Waals surface area contributed by atoms with Gasteiger partial charge in [0.1, 0.15) is 5.54 Å². The molecule has 0 radical (unpaired) electrons. The van der Waals surface area contributed by atoms with Crippen molar-refractivity contribution in [1.82, 2.24) is 10.2 Å². The first-order valence-electron chi connectivity index (χ1n) is 7.68. The Morgan fingerprint density at radius 3 is 2.63 bits per heavy atom. The van der Waals surface area contributed by atoms with Crippen molar-refractivity contribution in [2.24, 2.45) is 11.8 Å². The van der Waals surface area contributed by atoms with Crippen molar-refractivity contribution < 1.29 is 9.53 Å². The highest BCUT2D eigenvalue weighted by molar-refractivity contribution is 5.82. The van der Waals surface area contributed by atoms with E-state index in [0.29, 0.717) is 5.92 Å². The minimum absolute atomic E-state index is 0.0667. The highest BCUT2D eigenvalue weighted by atomic mass is 16.5. The molecule has 1 N–H and O–H groups in total. The largest absolute Gasteiger partial charge is 0.468 e. The van der Waals surface area contributed by atoms with E-state index in [2.05, 4.69) is 24.1 Å². The van der Waals surface area contributed by atoms with Gasteiger partial charge >= 0.3 is 5.97 Å². The van der Waals surface area contributed by atoms with Crippen LogP contribution in [-0.4, -0.2) is 49.7 Å². The lowest BCUT2D eigenvalue weighted by Gasteiger charge is -2.36. The number of hydrogen-bond donors (Lipinski definition) is 1. The second-order valence-corrected chi connectivity index (χ2v) is 6.29. The normalized spacial score (nSPS) is 27.2. The summed E-state index contributed by atoms with van der Waals surface area (Å²) in [7, 11) is 1.51. The molecule has 1 saturated heterocycles. The quantitative estimate of drug-likeness (QED) is 0.713. The van der Waals surface area contributed by atoms with E-state index >= 15 is 0 Å². The standard InChI is InChI=1S/C15H28N2O2/c1-4-8-16-15(13-5-6-13,14(18)19-3)11-17-9-7-12(2)10-17/h12-13,16H,4-11H2,1-3H3. The van der Waals surface area contributed by atoms with Crippen molar-refractivity contribution in [2.75, 3.05) is 33.3 Å². The predicted molar refractivity (Wildman–Crippen MR) is 76.0 cm³/mol. The van der Waals surface area contributed by atoms with Crippen LogP contribution in [0.25, 0.3) is 0 Å². The number of methoxy groups -OCH3 is 1. The van der Waals surface area contributed by atoms with Crippen LogP contribution in [0.1, 0.15) is 39.5 Å². The zero-order valence-corrected chi connectivity index (χ0v) is 12.6. The van der Waals surface area contributed by atoms with Gasteiger partial charge in [-0.15, -0.1) is 0 Å². The summed E-state index contributed by atoms with van der Waals surface area (Å²) in [5, 5.41) is 3.52. The number of hydrogen-bond acceptors (Lipinski definition) is 4. The van der Waals surface area contributed by atoms with Crippen LogP contribution in [0.5, 0.6) is 0 Å². The first-order valence-corrected chi connectivity index (χ1v) is 7.68. The maximum Gasteiger partial charge on any atom is 0.327 e. The third-order valence-corrected chi connectivity index (χ3v) is 4.50. The maximum atomic E-state index is 12.4. The van der Waals surface area contributed by atoms with Gasteiger partial charge in [0.15, 0.2) is 0 Å². The molecule has 1 heterocycles. The van der Waals surface area contributed by atoms with Gasteiger partial charge < -0.3 is 15.0 Å².